The Bertz CT molecular complexity index is 1480. The van der Waals surface area contributed by atoms with Crippen LogP contribution in [0.2, 0.25) is 0 Å². The van der Waals surface area contributed by atoms with E-state index in [0.717, 1.165) is 16.6 Å². The summed E-state index contributed by atoms with van der Waals surface area (Å²) in [5.41, 5.74) is 1.41. The van der Waals surface area contributed by atoms with Crippen LogP contribution in [0.25, 0.3) is 21.7 Å². The number of rotatable bonds is 6. The van der Waals surface area contributed by atoms with E-state index in [1.165, 1.54) is 4.57 Å². The lowest BCUT2D eigenvalue weighted by molar-refractivity contribution is 0.274. The third-order valence-electron chi connectivity index (χ3n) is 5.00. The van der Waals surface area contributed by atoms with Crippen molar-refractivity contribution >= 4 is 44.8 Å². The van der Waals surface area contributed by atoms with Gasteiger partial charge in [-0.15, -0.1) is 0 Å². The second-order valence-corrected chi connectivity index (χ2v) is 7.28. The number of pyridine rings is 2. The predicted octanol–water partition coefficient (Wildman–Crippen LogP) is 2.55. The van der Waals surface area contributed by atoms with E-state index in [1.54, 1.807) is 35.5 Å². The van der Waals surface area contributed by atoms with Crippen LogP contribution < -0.4 is 16.2 Å². The Labute approximate surface area is 182 Å². The van der Waals surface area contributed by atoms with Gasteiger partial charge in [0.25, 0.3) is 5.56 Å². The molecule has 3 N–H and O–H groups in total. The van der Waals surface area contributed by atoms with E-state index in [2.05, 4.69) is 30.7 Å². The highest BCUT2D eigenvalue weighted by molar-refractivity contribution is 5.95. The molecule has 0 bridgehead atoms. The van der Waals surface area contributed by atoms with Crippen LogP contribution in [0, 0.1) is 0 Å². The van der Waals surface area contributed by atoms with E-state index in [4.69, 9.17) is 0 Å². The Morgan fingerprint density at radius 3 is 2.78 bits per heavy atom. The van der Waals surface area contributed by atoms with Gasteiger partial charge in [0.1, 0.15) is 17.5 Å². The molecular weight excluding hydrogens is 408 g/mol. The predicted molar refractivity (Wildman–Crippen MR) is 122 cm³/mol. The summed E-state index contributed by atoms with van der Waals surface area (Å²) in [7, 11) is 1.87. The molecule has 0 atom stereocenters. The van der Waals surface area contributed by atoms with Gasteiger partial charge in [0.15, 0.2) is 0 Å². The molecule has 32 heavy (non-hydrogen) atoms. The zero-order valence-electron chi connectivity index (χ0n) is 17.2. The first-order valence-corrected chi connectivity index (χ1v) is 9.99. The number of benzene rings is 1. The van der Waals surface area contributed by atoms with Crippen molar-refractivity contribution in [3.63, 3.8) is 0 Å². The van der Waals surface area contributed by atoms with Gasteiger partial charge in [-0.25, -0.2) is 9.97 Å². The fraction of sp³-hybridized carbons (Fsp3) is 0.136. The number of anilines is 4. The summed E-state index contributed by atoms with van der Waals surface area (Å²) >= 11 is 0. The third kappa shape index (κ3) is 3.74. The topological polar surface area (TPSA) is 123 Å². The van der Waals surface area contributed by atoms with Crippen molar-refractivity contribution in [3.05, 3.63) is 71.7 Å². The highest BCUT2D eigenvalue weighted by Crippen LogP contribution is 2.27. The van der Waals surface area contributed by atoms with E-state index in [1.807, 2.05) is 37.5 Å². The molecule has 5 aromatic rings. The molecule has 160 valence electrons. The Morgan fingerprint density at radius 2 is 1.97 bits per heavy atom. The molecule has 0 aliphatic carbocycles. The van der Waals surface area contributed by atoms with Gasteiger partial charge in [-0.2, -0.15) is 5.10 Å². The van der Waals surface area contributed by atoms with Crippen LogP contribution in [0.15, 0.2) is 66.1 Å². The quantitative estimate of drug-likeness (QED) is 0.377. The lowest BCUT2D eigenvalue weighted by Gasteiger charge is -2.13. The van der Waals surface area contributed by atoms with Gasteiger partial charge in [-0.1, -0.05) is 0 Å². The summed E-state index contributed by atoms with van der Waals surface area (Å²) < 4.78 is 3.22. The highest BCUT2D eigenvalue weighted by Gasteiger charge is 2.13. The Morgan fingerprint density at radius 1 is 1.06 bits per heavy atom. The molecule has 4 aromatic heterocycles. The van der Waals surface area contributed by atoms with Crippen molar-refractivity contribution in [2.75, 3.05) is 17.2 Å². The molecular formula is C22H20N8O2. The molecule has 0 spiro atoms. The number of fused-ring (bicyclic) bond motifs is 2. The minimum Gasteiger partial charge on any atom is -0.395 e. The van der Waals surface area contributed by atoms with E-state index >= 15 is 0 Å². The lowest BCUT2D eigenvalue weighted by Crippen LogP contribution is -2.22. The first kappa shape index (κ1) is 19.6. The van der Waals surface area contributed by atoms with Crippen molar-refractivity contribution in [2.24, 2.45) is 7.05 Å². The average molecular weight is 428 g/mol. The van der Waals surface area contributed by atoms with Crippen LogP contribution in [0.3, 0.4) is 0 Å². The number of hydrogen-bond donors (Lipinski definition) is 3. The molecule has 0 aliphatic rings. The largest absolute Gasteiger partial charge is 0.395 e. The zero-order chi connectivity index (χ0) is 22.1. The number of aliphatic hydroxyl groups is 1. The van der Waals surface area contributed by atoms with Crippen LogP contribution in [0.4, 0.5) is 23.1 Å². The van der Waals surface area contributed by atoms with Crippen molar-refractivity contribution in [2.45, 2.75) is 6.54 Å². The maximum atomic E-state index is 13.1. The molecule has 10 heteroatoms. The Hall–Kier alpha value is -4.31. The van der Waals surface area contributed by atoms with Gasteiger partial charge in [-0.3, -0.25) is 14.5 Å². The van der Waals surface area contributed by atoms with Crippen LogP contribution in [-0.2, 0) is 13.6 Å². The standard InChI is InChI=1S/C22H20N8O2/c1-29-13-15-10-16(2-3-17(15)28-29)25-21-20-14(4-7-30(8-9-31)22(20)32)11-18(27-21)26-19-12-23-5-6-24-19/h2-7,10-13,31H,8-9H2,1H3,(H2,24,25,26,27). The minimum atomic E-state index is -0.236. The molecule has 0 radical (unpaired) electrons. The van der Waals surface area contributed by atoms with Crippen molar-refractivity contribution in [1.29, 1.82) is 0 Å². The molecule has 4 heterocycles. The number of aromatic nitrogens is 6. The molecule has 0 saturated carbocycles. The number of nitrogens with zero attached hydrogens (tertiary/aromatic N) is 6. The second kappa shape index (κ2) is 8.08. The first-order valence-electron chi connectivity index (χ1n) is 9.99. The first-order chi connectivity index (χ1) is 15.6. The van der Waals surface area contributed by atoms with Gasteiger partial charge in [0, 0.05) is 49.5 Å². The molecule has 0 fully saturated rings. The van der Waals surface area contributed by atoms with Crippen LogP contribution in [0.1, 0.15) is 0 Å². The number of nitrogens with one attached hydrogen (secondary N) is 2. The second-order valence-electron chi connectivity index (χ2n) is 7.28. The monoisotopic (exact) mass is 428 g/mol. The fourth-order valence-electron chi connectivity index (χ4n) is 3.60. The Balaban J connectivity index is 1.63. The van der Waals surface area contributed by atoms with E-state index < -0.39 is 0 Å². The summed E-state index contributed by atoms with van der Waals surface area (Å²) in [6.07, 6.45) is 8.35. The summed E-state index contributed by atoms with van der Waals surface area (Å²) in [6.45, 7) is 0.0705. The zero-order valence-corrected chi connectivity index (χ0v) is 17.2. The van der Waals surface area contributed by atoms with E-state index in [-0.39, 0.29) is 18.7 Å². The highest BCUT2D eigenvalue weighted by atomic mass is 16.3. The summed E-state index contributed by atoms with van der Waals surface area (Å²) in [4.78, 5) is 26.1. The van der Waals surface area contributed by atoms with Crippen molar-refractivity contribution < 1.29 is 5.11 Å². The van der Waals surface area contributed by atoms with Crippen LogP contribution >= 0.6 is 0 Å². The fourth-order valence-corrected chi connectivity index (χ4v) is 3.60. The van der Waals surface area contributed by atoms with Gasteiger partial charge < -0.3 is 20.3 Å². The molecule has 5 rings (SSSR count). The number of hydrogen-bond acceptors (Lipinski definition) is 8. The lowest BCUT2D eigenvalue weighted by atomic mass is 10.2. The van der Waals surface area contributed by atoms with Gasteiger partial charge in [-0.05, 0) is 35.7 Å². The molecule has 0 amide bonds. The molecule has 10 nitrogen and oxygen atoms in total. The SMILES string of the molecule is Cn1cc2cc(Nc3nc(Nc4cnccn4)cc4ccn(CCO)c(=O)c34)ccc2n1. The van der Waals surface area contributed by atoms with Gasteiger partial charge in [0.2, 0.25) is 0 Å². The molecule has 0 unspecified atom stereocenters. The summed E-state index contributed by atoms with van der Waals surface area (Å²) in [6, 6.07) is 9.36. The maximum absolute atomic E-state index is 13.1. The van der Waals surface area contributed by atoms with Crippen molar-refractivity contribution in [3.8, 4) is 0 Å². The molecule has 0 saturated heterocycles. The normalized spacial score (nSPS) is 11.2. The Kier molecular flexibility index (Phi) is 4.96. The van der Waals surface area contributed by atoms with Crippen LogP contribution in [-0.4, -0.2) is 41.0 Å². The summed E-state index contributed by atoms with van der Waals surface area (Å²) in [5, 5.41) is 22.2. The average Bonchev–Trinajstić information content (AvgIpc) is 3.16. The number of aryl methyl sites for hydroxylation is 1. The maximum Gasteiger partial charge on any atom is 0.262 e. The molecule has 1 aromatic carbocycles. The molecule has 0 aliphatic heterocycles. The smallest absolute Gasteiger partial charge is 0.262 e. The van der Waals surface area contributed by atoms with Gasteiger partial charge >= 0.3 is 0 Å². The third-order valence-corrected chi connectivity index (χ3v) is 5.00. The number of aliphatic hydroxyl groups excluding tert-OH is 1. The van der Waals surface area contributed by atoms with E-state index in [0.29, 0.717) is 28.2 Å². The van der Waals surface area contributed by atoms with Gasteiger partial charge in [0.05, 0.1) is 23.7 Å². The van der Waals surface area contributed by atoms with E-state index in [9.17, 15) is 9.90 Å². The van der Waals surface area contributed by atoms with Crippen molar-refractivity contribution in [1.82, 2.24) is 29.3 Å². The minimum absolute atomic E-state index is 0.133. The van der Waals surface area contributed by atoms with Crippen LogP contribution in [0.5, 0.6) is 0 Å². The summed E-state index contributed by atoms with van der Waals surface area (Å²) in [5.74, 6) is 1.45.